The highest BCUT2D eigenvalue weighted by atomic mass is 16.5. The van der Waals surface area contributed by atoms with Crippen LogP contribution in [0.4, 0.5) is 11.4 Å². The van der Waals surface area contributed by atoms with E-state index in [0.717, 1.165) is 16.8 Å². The molecular formula is C21H23N3O4. The minimum Gasteiger partial charge on any atom is -0.484 e. The minimum atomic E-state index is -0.467. The molecule has 0 bridgehead atoms. The second-order valence-electron chi connectivity index (χ2n) is 6.96. The van der Waals surface area contributed by atoms with E-state index in [1.807, 2.05) is 32.0 Å². The zero-order chi connectivity index (χ0) is 20.3. The second kappa shape index (κ2) is 8.12. The van der Waals surface area contributed by atoms with Gasteiger partial charge in [-0.2, -0.15) is 0 Å². The van der Waals surface area contributed by atoms with Gasteiger partial charge in [0, 0.05) is 24.3 Å². The molecule has 1 aliphatic rings. The molecule has 28 heavy (non-hydrogen) atoms. The maximum Gasteiger partial charge on any atom is 0.262 e. The Kier molecular flexibility index (Phi) is 5.63. The lowest BCUT2D eigenvalue weighted by atomic mass is 10.1. The van der Waals surface area contributed by atoms with E-state index in [-0.39, 0.29) is 31.4 Å². The van der Waals surface area contributed by atoms with Crippen molar-refractivity contribution in [3.63, 3.8) is 0 Å². The van der Waals surface area contributed by atoms with Crippen molar-refractivity contribution >= 4 is 29.1 Å². The Balaban J connectivity index is 1.55. The van der Waals surface area contributed by atoms with Gasteiger partial charge in [0.1, 0.15) is 5.75 Å². The van der Waals surface area contributed by atoms with Crippen LogP contribution in [0, 0.1) is 19.8 Å². The first-order valence-electron chi connectivity index (χ1n) is 9.03. The molecule has 0 aromatic heterocycles. The van der Waals surface area contributed by atoms with Crippen LogP contribution in [0.5, 0.6) is 5.75 Å². The van der Waals surface area contributed by atoms with Crippen molar-refractivity contribution in [2.75, 3.05) is 23.4 Å². The number of ether oxygens (including phenoxy) is 1. The minimum absolute atomic E-state index is 0.126. The largest absolute Gasteiger partial charge is 0.484 e. The summed E-state index contributed by atoms with van der Waals surface area (Å²) in [5, 5.41) is 2.82. The summed E-state index contributed by atoms with van der Waals surface area (Å²) in [5.41, 5.74) is 8.83. The van der Waals surface area contributed by atoms with Gasteiger partial charge >= 0.3 is 0 Å². The summed E-state index contributed by atoms with van der Waals surface area (Å²) in [6, 6.07) is 12.6. The average Bonchev–Trinajstić information content (AvgIpc) is 3.05. The standard InChI is InChI=1S/C21H23N3O4/c1-13-3-8-18(14(2)9-13)23-19(25)12-28-17-6-4-16(5-7-17)24-11-15(21(22)27)10-20(24)26/h3-9,15H,10-12H2,1-2H3,(H2,22,27)(H,23,25)/t15-/m1/s1. The SMILES string of the molecule is Cc1ccc(NC(=O)COc2ccc(N3C[C@H](C(N)=O)CC3=O)cc2)c(C)c1. The molecule has 0 spiro atoms. The van der Waals surface area contributed by atoms with Crippen molar-refractivity contribution in [3.05, 3.63) is 53.6 Å². The molecule has 7 nitrogen and oxygen atoms in total. The van der Waals surface area contributed by atoms with E-state index in [2.05, 4.69) is 5.32 Å². The molecule has 3 N–H and O–H groups in total. The Morgan fingerprint density at radius 1 is 1.18 bits per heavy atom. The van der Waals surface area contributed by atoms with Crippen LogP contribution in [0.15, 0.2) is 42.5 Å². The van der Waals surface area contributed by atoms with Crippen molar-refractivity contribution in [2.24, 2.45) is 11.7 Å². The number of anilines is 2. The molecule has 1 heterocycles. The van der Waals surface area contributed by atoms with Gasteiger partial charge in [0.25, 0.3) is 5.91 Å². The molecule has 2 aromatic carbocycles. The number of carbonyl (C=O) groups is 3. The van der Waals surface area contributed by atoms with Crippen LogP contribution in [0.25, 0.3) is 0 Å². The van der Waals surface area contributed by atoms with Crippen LogP contribution < -0.4 is 20.7 Å². The van der Waals surface area contributed by atoms with Gasteiger partial charge in [0.05, 0.1) is 5.92 Å². The molecule has 3 rings (SSSR count). The van der Waals surface area contributed by atoms with Gasteiger partial charge in [-0.25, -0.2) is 0 Å². The first-order valence-corrected chi connectivity index (χ1v) is 9.03. The zero-order valence-corrected chi connectivity index (χ0v) is 15.9. The van der Waals surface area contributed by atoms with Gasteiger partial charge in [0.2, 0.25) is 11.8 Å². The molecule has 2 aromatic rings. The molecular weight excluding hydrogens is 358 g/mol. The molecule has 0 aliphatic carbocycles. The number of hydrogen-bond donors (Lipinski definition) is 2. The molecule has 146 valence electrons. The van der Waals surface area contributed by atoms with Crippen LogP contribution in [0.1, 0.15) is 17.5 Å². The van der Waals surface area contributed by atoms with Crippen molar-refractivity contribution < 1.29 is 19.1 Å². The lowest BCUT2D eigenvalue weighted by Crippen LogP contribution is -2.28. The Hall–Kier alpha value is -3.35. The van der Waals surface area contributed by atoms with Gasteiger partial charge < -0.3 is 20.7 Å². The number of primary amides is 1. The number of carbonyl (C=O) groups excluding carboxylic acids is 3. The van der Waals surface area contributed by atoms with Crippen LogP contribution in [-0.4, -0.2) is 30.9 Å². The fraction of sp³-hybridized carbons (Fsp3) is 0.286. The summed E-state index contributed by atoms with van der Waals surface area (Å²) in [6.07, 6.45) is 0.131. The van der Waals surface area contributed by atoms with Gasteiger partial charge in [-0.05, 0) is 49.7 Å². The summed E-state index contributed by atoms with van der Waals surface area (Å²) in [5.74, 6) is -0.805. The zero-order valence-electron chi connectivity index (χ0n) is 15.9. The van der Waals surface area contributed by atoms with Crippen LogP contribution in [0.3, 0.4) is 0 Å². The third kappa shape index (κ3) is 4.49. The summed E-state index contributed by atoms with van der Waals surface area (Å²) < 4.78 is 5.52. The predicted octanol–water partition coefficient (Wildman–Crippen LogP) is 2.16. The molecule has 7 heteroatoms. The molecule has 1 fully saturated rings. The molecule has 1 atom stereocenters. The first-order chi connectivity index (χ1) is 13.3. The summed E-state index contributed by atoms with van der Waals surface area (Å²) in [6.45, 7) is 4.09. The number of benzene rings is 2. The summed E-state index contributed by atoms with van der Waals surface area (Å²) >= 11 is 0. The lowest BCUT2D eigenvalue weighted by Gasteiger charge is -2.17. The molecule has 0 radical (unpaired) electrons. The number of nitrogens with one attached hydrogen (secondary N) is 1. The molecule has 1 aliphatic heterocycles. The number of amides is 3. The predicted molar refractivity (Wildman–Crippen MR) is 106 cm³/mol. The molecule has 0 unspecified atom stereocenters. The normalized spacial score (nSPS) is 16.1. The second-order valence-corrected chi connectivity index (χ2v) is 6.96. The van der Waals surface area contributed by atoms with Crippen LogP contribution in [0.2, 0.25) is 0 Å². The van der Waals surface area contributed by atoms with E-state index in [9.17, 15) is 14.4 Å². The Bertz CT molecular complexity index is 908. The molecule has 3 amide bonds. The number of aryl methyl sites for hydroxylation is 2. The number of nitrogens with two attached hydrogens (primary N) is 1. The van der Waals surface area contributed by atoms with Crippen molar-refractivity contribution in [1.82, 2.24) is 0 Å². The quantitative estimate of drug-likeness (QED) is 0.800. The smallest absolute Gasteiger partial charge is 0.262 e. The van der Waals surface area contributed by atoms with Gasteiger partial charge in [0.15, 0.2) is 6.61 Å². The van der Waals surface area contributed by atoms with Gasteiger partial charge in [-0.1, -0.05) is 17.7 Å². The Morgan fingerprint density at radius 3 is 2.50 bits per heavy atom. The maximum absolute atomic E-state index is 12.1. The number of rotatable bonds is 6. The number of hydrogen-bond acceptors (Lipinski definition) is 4. The maximum atomic E-state index is 12.1. The third-order valence-corrected chi connectivity index (χ3v) is 4.70. The Morgan fingerprint density at radius 2 is 1.89 bits per heavy atom. The first kappa shape index (κ1) is 19.4. The van der Waals surface area contributed by atoms with Gasteiger partial charge in [-0.3, -0.25) is 14.4 Å². The van der Waals surface area contributed by atoms with Crippen molar-refractivity contribution in [1.29, 1.82) is 0 Å². The van der Waals surface area contributed by atoms with E-state index in [1.165, 1.54) is 4.90 Å². The van der Waals surface area contributed by atoms with Crippen LogP contribution in [-0.2, 0) is 14.4 Å². The molecule has 0 saturated carbocycles. The highest BCUT2D eigenvalue weighted by molar-refractivity contribution is 6.00. The molecule has 1 saturated heterocycles. The van der Waals surface area contributed by atoms with Crippen LogP contribution >= 0.6 is 0 Å². The topological polar surface area (TPSA) is 102 Å². The monoisotopic (exact) mass is 381 g/mol. The van der Waals surface area contributed by atoms with E-state index < -0.39 is 11.8 Å². The summed E-state index contributed by atoms with van der Waals surface area (Å²) in [7, 11) is 0. The lowest BCUT2D eigenvalue weighted by molar-refractivity contribution is -0.123. The van der Waals surface area contributed by atoms with E-state index in [0.29, 0.717) is 11.4 Å². The van der Waals surface area contributed by atoms with E-state index in [1.54, 1.807) is 24.3 Å². The Labute approximate surface area is 163 Å². The fourth-order valence-electron chi connectivity index (χ4n) is 3.16. The van der Waals surface area contributed by atoms with Crippen molar-refractivity contribution in [2.45, 2.75) is 20.3 Å². The van der Waals surface area contributed by atoms with Crippen molar-refractivity contribution in [3.8, 4) is 5.75 Å². The summed E-state index contributed by atoms with van der Waals surface area (Å²) in [4.78, 5) is 37.0. The fourth-order valence-corrected chi connectivity index (χ4v) is 3.16. The average molecular weight is 381 g/mol. The van der Waals surface area contributed by atoms with Gasteiger partial charge in [-0.15, -0.1) is 0 Å². The van der Waals surface area contributed by atoms with E-state index >= 15 is 0 Å². The van der Waals surface area contributed by atoms with E-state index in [4.69, 9.17) is 10.5 Å². The highest BCUT2D eigenvalue weighted by Crippen LogP contribution is 2.26. The number of nitrogens with zero attached hydrogens (tertiary/aromatic N) is 1. The third-order valence-electron chi connectivity index (χ3n) is 4.70. The highest BCUT2D eigenvalue weighted by Gasteiger charge is 2.33.